The number of anilines is 1. The fraction of sp³-hybridized carbons (Fsp3) is 0.133. The van der Waals surface area contributed by atoms with E-state index in [2.05, 4.69) is 15.9 Å². The molecule has 0 saturated heterocycles. The first kappa shape index (κ1) is 16.1. The summed E-state index contributed by atoms with van der Waals surface area (Å²) in [5, 5.41) is 10.3. The van der Waals surface area contributed by atoms with Gasteiger partial charge in [-0.1, -0.05) is 45.2 Å². The summed E-state index contributed by atoms with van der Waals surface area (Å²) in [4.78, 5) is 12.8. The van der Waals surface area contributed by atoms with Crippen LogP contribution in [0.2, 0.25) is 10.0 Å². The molecule has 2 rings (SSSR count). The third-order valence-electron chi connectivity index (χ3n) is 2.87. The van der Waals surface area contributed by atoms with E-state index in [1.54, 1.807) is 29.2 Å². The van der Waals surface area contributed by atoms with Gasteiger partial charge in [0.2, 0.25) is 0 Å². The van der Waals surface area contributed by atoms with Gasteiger partial charge in [0.15, 0.2) is 0 Å². The van der Waals surface area contributed by atoms with Crippen LogP contribution < -0.4 is 4.90 Å². The predicted octanol–water partition coefficient (Wildman–Crippen LogP) is 4.85. The van der Waals surface area contributed by atoms with Gasteiger partial charge in [-0.3, -0.25) is 4.79 Å². The Balaban J connectivity index is 2.32. The van der Waals surface area contributed by atoms with E-state index in [0.717, 1.165) is 15.7 Å². The van der Waals surface area contributed by atoms with Gasteiger partial charge in [-0.25, -0.2) is 0 Å². The molecule has 0 bridgehead atoms. The van der Waals surface area contributed by atoms with E-state index in [-0.39, 0.29) is 6.54 Å². The maximum Gasteiger partial charge on any atom is 0.323 e. The third kappa shape index (κ3) is 4.63. The molecule has 0 unspecified atom stereocenters. The van der Waals surface area contributed by atoms with Crippen molar-refractivity contribution in [3.63, 3.8) is 0 Å². The van der Waals surface area contributed by atoms with Gasteiger partial charge in [0, 0.05) is 26.8 Å². The number of hydrogen-bond donors (Lipinski definition) is 1. The Morgan fingerprint density at radius 1 is 1.19 bits per heavy atom. The first-order chi connectivity index (χ1) is 9.95. The van der Waals surface area contributed by atoms with Gasteiger partial charge in [-0.2, -0.15) is 0 Å². The van der Waals surface area contributed by atoms with Gasteiger partial charge in [0.1, 0.15) is 6.54 Å². The number of aliphatic carboxylic acids is 1. The average molecular weight is 389 g/mol. The van der Waals surface area contributed by atoms with Crippen LogP contribution in [-0.4, -0.2) is 17.6 Å². The van der Waals surface area contributed by atoms with Crippen LogP contribution in [0.1, 0.15) is 5.56 Å². The van der Waals surface area contributed by atoms with Crippen LogP contribution in [0.5, 0.6) is 0 Å². The second-order valence-corrected chi connectivity index (χ2v) is 6.22. The summed E-state index contributed by atoms with van der Waals surface area (Å²) < 4.78 is 0.892. The molecule has 0 heterocycles. The number of carbonyl (C=O) groups is 1. The minimum Gasteiger partial charge on any atom is -0.480 e. The molecule has 0 amide bonds. The van der Waals surface area contributed by atoms with Crippen molar-refractivity contribution >= 4 is 50.8 Å². The van der Waals surface area contributed by atoms with Crippen LogP contribution in [0.3, 0.4) is 0 Å². The molecule has 0 aromatic heterocycles. The molecule has 21 heavy (non-hydrogen) atoms. The molecule has 0 atom stereocenters. The van der Waals surface area contributed by atoms with Crippen LogP contribution in [-0.2, 0) is 11.3 Å². The second kappa shape index (κ2) is 7.16. The molecule has 0 saturated carbocycles. The normalized spacial score (nSPS) is 10.4. The molecular formula is C15H12BrCl2NO2. The molecule has 0 spiro atoms. The van der Waals surface area contributed by atoms with Crippen molar-refractivity contribution in [3.05, 3.63) is 62.5 Å². The van der Waals surface area contributed by atoms with E-state index < -0.39 is 5.97 Å². The lowest BCUT2D eigenvalue weighted by Gasteiger charge is -2.24. The van der Waals surface area contributed by atoms with Gasteiger partial charge in [-0.15, -0.1) is 0 Å². The van der Waals surface area contributed by atoms with Crippen molar-refractivity contribution < 1.29 is 9.90 Å². The summed E-state index contributed by atoms with van der Waals surface area (Å²) in [6.45, 7) is 0.244. The minimum atomic E-state index is -0.916. The number of hydrogen-bond acceptors (Lipinski definition) is 2. The number of rotatable bonds is 5. The van der Waals surface area contributed by atoms with Crippen molar-refractivity contribution in [3.8, 4) is 0 Å². The molecule has 0 aliphatic rings. The van der Waals surface area contributed by atoms with Gasteiger partial charge in [-0.05, 0) is 42.0 Å². The van der Waals surface area contributed by atoms with E-state index in [4.69, 9.17) is 28.3 Å². The van der Waals surface area contributed by atoms with Gasteiger partial charge >= 0.3 is 5.97 Å². The second-order valence-electron chi connectivity index (χ2n) is 4.47. The molecule has 6 heteroatoms. The Labute approximate surface area is 141 Å². The topological polar surface area (TPSA) is 40.5 Å². The van der Waals surface area contributed by atoms with Crippen LogP contribution in [0.15, 0.2) is 46.9 Å². The zero-order chi connectivity index (χ0) is 15.4. The highest BCUT2D eigenvalue weighted by atomic mass is 79.9. The molecule has 3 nitrogen and oxygen atoms in total. The Hall–Kier alpha value is -1.23. The predicted molar refractivity (Wildman–Crippen MR) is 89.3 cm³/mol. The molecular weight excluding hydrogens is 377 g/mol. The lowest BCUT2D eigenvalue weighted by atomic mass is 10.2. The SMILES string of the molecule is O=C(O)CN(Cc1cc(Br)ccc1Cl)c1cccc(Cl)c1. The molecule has 1 N–H and O–H groups in total. The summed E-state index contributed by atoms with van der Waals surface area (Å²) in [6, 6.07) is 12.6. The van der Waals surface area contributed by atoms with Crippen LogP contribution in [0, 0.1) is 0 Å². The molecule has 2 aromatic rings. The first-order valence-electron chi connectivity index (χ1n) is 6.12. The fourth-order valence-corrected chi connectivity index (χ4v) is 2.72. The molecule has 0 fully saturated rings. The summed E-state index contributed by atoms with van der Waals surface area (Å²) in [5.74, 6) is -0.916. The van der Waals surface area contributed by atoms with Crippen LogP contribution in [0.4, 0.5) is 5.69 Å². The maximum absolute atomic E-state index is 11.1. The zero-order valence-electron chi connectivity index (χ0n) is 10.9. The Kier molecular flexibility index (Phi) is 5.51. The van der Waals surface area contributed by atoms with Gasteiger partial charge in [0.05, 0.1) is 0 Å². The lowest BCUT2D eigenvalue weighted by Crippen LogP contribution is -2.29. The van der Waals surface area contributed by atoms with E-state index in [1.165, 1.54) is 0 Å². The standard InChI is InChI=1S/C15H12BrCl2NO2/c16-11-4-5-14(18)10(6-11)8-19(9-15(20)21)13-3-1-2-12(17)7-13/h1-7H,8-9H2,(H,20,21). The Morgan fingerprint density at radius 2 is 1.95 bits per heavy atom. The Morgan fingerprint density at radius 3 is 2.62 bits per heavy atom. The number of carboxylic acid groups (broad SMARTS) is 1. The number of nitrogens with zero attached hydrogens (tertiary/aromatic N) is 1. The van der Waals surface area contributed by atoms with E-state index in [0.29, 0.717) is 16.6 Å². The molecule has 0 radical (unpaired) electrons. The van der Waals surface area contributed by atoms with Crippen LogP contribution >= 0.6 is 39.1 Å². The third-order valence-corrected chi connectivity index (χ3v) is 3.97. The van der Waals surface area contributed by atoms with E-state index >= 15 is 0 Å². The quantitative estimate of drug-likeness (QED) is 0.795. The largest absolute Gasteiger partial charge is 0.480 e. The highest BCUT2D eigenvalue weighted by Gasteiger charge is 2.14. The van der Waals surface area contributed by atoms with Crippen molar-refractivity contribution in [1.82, 2.24) is 0 Å². The maximum atomic E-state index is 11.1. The smallest absolute Gasteiger partial charge is 0.323 e. The summed E-state index contributed by atoms with van der Waals surface area (Å²) in [6.07, 6.45) is 0. The molecule has 110 valence electrons. The minimum absolute atomic E-state index is 0.136. The first-order valence-corrected chi connectivity index (χ1v) is 7.67. The Bertz CT molecular complexity index is 664. The van der Waals surface area contributed by atoms with Crippen LogP contribution in [0.25, 0.3) is 0 Å². The summed E-state index contributed by atoms with van der Waals surface area (Å²) in [7, 11) is 0. The average Bonchev–Trinajstić information content (AvgIpc) is 2.41. The van der Waals surface area contributed by atoms with Crippen molar-refractivity contribution in [1.29, 1.82) is 0 Å². The lowest BCUT2D eigenvalue weighted by molar-refractivity contribution is -0.135. The zero-order valence-corrected chi connectivity index (χ0v) is 14.0. The van der Waals surface area contributed by atoms with Crippen molar-refractivity contribution in [2.75, 3.05) is 11.4 Å². The monoisotopic (exact) mass is 387 g/mol. The molecule has 0 aliphatic heterocycles. The summed E-state index contributed by atoms with van der Waals surface area (Å²) in [5.41, 5.74) is 1.58. The van der Waals surface area contributed by atoms with E-state index in [1.807, 2.05) is 18.2 Å². The van der Waals surface area contributed by atoms with Gasteiger partial charge in [0.25, 0.3) is 0 Å². The highest BCUT2D eigenvalue weighted by molar-refractivity contribution is 9.10. The molecule has 0 aliphatic carbocycles. The number of halogens is 3. The molecule has 2 aromatic carbocycles. The van der Waals surface area contributed by atoms with Crippen molar-refractivity contribution in [2.24, 2.45) is 0 Å². The number of carboxylic acids is 1. The fourth-order valence-electron chi connectivity index (χ4n) is 1.94. The highest BCUT2D eigenvalue weighted by Crippen LogP contribution is 2.26. The van der Waals surface area contributed by atoms with E-state index in [9.17, 15) is 4.79 Å². The number of benzene rings is 2. The van der Waals surface area contributed by atoms with Gasteiger partial charge < -0.3 is 10.0 Å². The summed E-state index contributed by atoms with van der Waals surface area (Å²) >= 11 is 15.5. The van der Waals surface area contributed by atoms with Crippen molar-refractivity contribution in [2.45, 2.75) is 6.54 Å².